The summed E-state index contributed by atoms with van der Waals surface area (Å²) in [7, 11) is 0. The second kappa shape index (κ2) is 4.06. The standard InChI is InChI=1S/C7H13N3/c1-2-8-4-3-7-5-9-6-10-7/h5-6,8H,2-4H2,1H3,(H,9,10). The van der Waals surface area contributed by atoms with Crippen LogP contribution in [0.5, 0.6) is 0 Å². The van der Waals surface area contributed by atoms with E-state index in [0.717, 1.165) is 19.5 Å². The van der Waals surface area contributed by atoms with Crippen molar-refractivity contribution in [2.24, 2.45) is 0 Å². The molecule has 1 heterocycles. The van der Waals surface area contributed by atoms with Gasteiger partial charge in [-0.05, 0) is 6.54 Å². The van der Waals surface area contributed by atoms with E-state index in [2.05, 4.69) is 22.2 Å². The van der Waals surface area contributed by atoms with Gasteiger partial charge in [-0.2, -0.15) is 0 Å². The van der Waals surface area contributed by atoms with Crippen LogP contribution in [0, 0.1) is 0 Å². The zero-order valence-corrected chi connectivity index (χ0v) is 6.22. The lowest BCUT2D eigenvalue weighted by atomic mass is 10.3. The van der Waals surface area contributed by atoms with Crippen LogP contribution in [0.1, 0.15) is 12.6 Å². The largest absolute Gasteiger partial charge is 0.348 e. The fraction of sp³-hybridized carbons (Fsp3) is 0.571. The molecule has 0 aliphatic rings. The Balaban J connectivity index is 2.15. The van der Waals surface area contributed by atoms with E-state index in [9.17, 15) is 0 Å². The Morgan fingerprint density at radius 2 is 2.60 bits per heavy atom. The van der Waals surface area contributed by atoms with E-state index in [1.807, 2.05) is 6.20 Å². The van der Waals surface area contributed by atoms with Gasteiger partial charge in [0.2, 0.25) is 0 Å². The number of nitrogens with zero attached hydrogens (tertiary/aromatic N) is 1. The number of nitrogens with one attached hydrogen (secondary N) is 2. The third-order valence-electron chi connectivity index (χ3n) is 1.38. The number of aromatic nitrogens is 2. The molecule has 0 amide bonds. The molecular formula is C7H13N3. The Bertz CT molecular complexity index is 157. The van der Waals surface area contributed by atoms with Crippen LogP contribution < -0.4 is 5.32 Å². The molecule has 0 aliphatic heterocycles. The molecule has 2 N–H and O–H groups in total. The Labute approximate surface area is 60.9 Å². The third kappa shape index (κ3) is 2.19. The molecule has 3 nitrogen and oxygen atoms in total. The first-order valence-electron chi connectivity index (χ1n) is 3.61. The van der Waals surface area contributed by atoms with E-state index in [4.69, 9.17) is 0 Å². The molecule has 0 saturated heterocycles. The smallest absolute Gasteiger partial charge is 0.0921 e. The van der Waals surface area contributed by atoms with Crippen molar-refractivity contribution in [1.82, 2.24) is 15.3 Å². The highest BCUT2D eigenvalue weighted by atomic mass is 14.9. The number of aromatic amines is 1. The van der Waals surface area contributed by atoms with E-state index in [-0.39, 0.29) is 0 Å². The summed E-state index contributed by atoms with van der Waals surface area (Å²) in [5.41, 5.74) is 1.20. The van der Waals surface area contributed by atoms with E-state index in [1.165, 1.54) is 5.69 Å². The molecule has 3 heteroatoms. The lowest BCUT2D eigenvalue weighted by Crippen LogP contribution is -2.16. The average molecular weight is 139 g/mol. The predicted octanol–water partition coefficient (Wildman–Crippen LogP) is 0.562. The molecule has 1 rings (SSSR count). The molecular weight excluding hydrogens is 126 g/mol. The topological polar surface area (TPSA) is 40.7 Å². The maximum absolute atomic E-state index is 3.92. The Hall–Kier alpha value is -0.830. The quantitative estimate of drug-likeness (QED) is 0.598. The summed E-state index contributed by atoms with van der Waals surface area (Å²) in [5, 5.41) is 3.24. The monoisotopic (exact) mass is 139 g/mol. The number of hydrogen-bond acceptors (Lipinski definition) is 2. The first kappa shape index (κ1) is 7.28. The summed E-state index contributed by atoms with van der Waals surface area (Å²) in [4.78, 5) is 6.96. The number of imidazole rings is 1. The molecule has 56 valence electrons. The molecule has 0 fully saturated rings. The van der Waals surface area contributed by atoms with Gasteiger partial charge in [-0.1, -0.05) is 6.92 Å². The molecule has 0 saturated carbocycles. The lowest BCUT2D eigenvalue weighted by molar-refractivity contribution is 0.710. The number of H-pyrrole nitrogens is 1. The van der Waals surface area contributed by atoms with Crippen LogP contribution in [-0.2, 0) is 6.42 Å². The van der Waals surface area contributed by atoms with Gasteiger partial charge in [0.15, 0.2) is 0 Å². The zero-order valence-electron chi connectivity index (χ0n) is 6.22. The van der Waals surface area contributed by atoms with Gasteiger partial charge in [-0.3, -0.25) is 0 Å². The summed E-state index contributed by atoms with van der Waals surface area (Å²) in [6, 6.07) is 0. The number of likely N-dealkylation sites (N-methyl/N-ethyl adjacent to an activating group) is 1. The van der Waals surface area contributed by atoms with Crippen molar-refractivity contribution in [3.05, 3.63) is 18.2 Å². The van der Waals surface area contributed by atoms with Crippen molar-refractivity contribution < 1.29 is 0 Å². The Morgan fingerprint density at radius 1 is 1.70 bits per heavy atom. The first-order chi connectivity index (χ1) is 4.93. The molecule has 10 heavy (non-hydrogen) atoms. The second-order valence-electron chi connectivity index (χ2n) is 2.18. The Morgan fingerprint density at radius 3 is 3.20 bits per heavy atom. The van der Waals surface area contributed by atoms with Crippen LogP contribution in [0.4, 0.5) is 0 Å². The molecule has 0 spiro atoms. The first-order valence-corrected chi connectivity index (χ1v) is 3.61. The lowest BCUT2D eigenvalue weighted by Gasteiger charge is -1.97. The zero-order chi connectivity index (χ0) is 7.23. The molecule has 0 radical (unpaired) electrons. The molecule has 0 unspecified atom stereocenters. The molecule has 1 aromatic rings. The fourth-order valence-corrected chi connectivity index (χ4v) is 0.821. The third-order valence-corrected chi connectivity index (χ3v) is 1.38. The van der Waals surface area contributed by atoms with Crippen LogP contribution >= 0.6 is 0 Å². The van der Waals surface area contributed by atoms with Crippen molar-refractivity contribution in [2.75, 3.05) is 13.1 Å². The van der Waals surface area contributed by atoms with Crippen molar-refractivity contribution in [1.29, 1.82) is 0 Å². The van der Waals surface area contributed by atoms with Crippen LogP contribution in [-0.4, -0.2) is 23.1 Å². The SMILES string of the molecule is CCNCCc1cnc[nH]1. The maximum Gasteiger partial charge on any atom is 0.0921 e. The van der Waals surface area contributed by atoms with Crippen molar-refractivity contribution in [3.63, 3.8) is 0 Å². The fourth-order valence-electron chi connectivity index (χ4n) is 0.821. The minimum absolute atomic E-state index is 1.03. The second-order valence-corrected chi connectivity index (χ2v) is 2.18. The minimum Gasteiger partial charge on any atom is -0.348 e. The predicted molar refractivity (Wildman–Crippen MR) is 40.8 cm³/mol. The van der Waals surface area contributed by atoms with Crippen LogP contribution in [0.2, 0.25) is 0 Å². The van der Waals surface area contributed by atoms with Crippen molar-refractivity contribution in [2.45, 2.75) is 13.3 Å². The normalized spacial score (nSPS) is 10.1. The van der Waals surface area contributed by atoms with Gasteiger partial charge in [0.1, 0.15) is 0 Å². The average Bonchev–Trinajstić information content (AvgIpc) is 2.41. The van der Waals surface area contributed by atoms with Crippen molar-refractivity contribution >= 4 is 0 Å². The van der Waals surface area contributed by atoms with Gasteiger partial charge in [-0.15, -0.1) is 0 Å². The van der Waals surface area contributed by atoms with E-state index in [0.29, 0.717) is 0 Å². The molecule has 0 aliphatic carbocycles. The van der Waals surface area contributed by atoms with Gasteiger partial charge in [0, 0.05) is 24.9 Å². The molecule has 1 aromatic heterocycles. The highest BCUT2D eigenvalue weighted by molar-refractivity contribution is 4.94. The summed E-state index contributed by atoms with van der Waals surface area (Å²) in [6.45, 7) is 4.17. The van der Waals surface area contributed by atoms with E-state index in [1.54, 1.807) is 6.33 Å². The van der Waals surface area contributed by atoms with Crippen LogP contribution in [0.3, 0.4) is 0 Å². The summed E-state index contributed by atoms with van der Waals surface area (Å²) >= 11 is 0. The van der Waals surface area contributed by atoms with Gasteiger partial charge in [0.25, 0.3) is 0 Å². The van der Waals surface area contributed by atoms with Gasteiger partial charge in [0.05, 0.1) is 6.33 Å². The van der Waals surface area contributed by atoms with Crippen LogP contribution in [0.25, 0.3) is 0 Å². The highest BCUT2D eigenvalue weighted by Crippen LogP contribution is 1.89. The van der Waals surface area contributed by atoms with E-state index >= 15 is 0 Å². The van der Waals surface area contributed by atoms with Gasteiger partial charge in [-0.25, -0.2) is 4.98 Å². The maximum atomic E-state index is 3.92. The molecule has 0 bridgehead atoms. The van der Waals surface area contributed by atoms with Crippen LogP contribution in [0.15, 0.2) is 12.5 Å². The van der Waals surface area contributed by atoms with Gasteiger partial charge < -0.3 is 10.3 Å². The van der Waals surface area contributed by atoms with E-state index < -0.39 is 0 Å². The Kier molecular flexibility index (Phi) is 2.96. The molecule has 0 aromatic carbocycles. The summed E-state index contributed by atoms with van der Waals surface area (Å²) < 4.78 is 0. The molecule has 0 atom stereocenters. The number of hydrogen-bond donors (Lipinski definition) is 2. The van der Waals surface area contributed by atoms with Crippen molar-refractivity contribution in [3.8, 4) is 0 Å². The summed E-state index contributed by atoms with van der Waals surface area (Å²) in [5.74, 6) is 0. The van der Waals surface area contributed by atoms with Gasteiger partial charge >= 0.3 is 0 Å². The number of rotatable bonds is 4. The highest BCUT2D eigenvalue weighted by Gasteiger charge is 1.90. The minimum atomic E-state index is 1.03. The summed E-state index contributed by atoms with van der Waals surface area (Å²) in [6.07, 6.45) is 4.60.